The van der Waals surface area contributed by atoms with Crippen LogP contribution in [0, 0.1) is 3.70 Å². The third-order valence-corrected chi connectivity index (χ3v) is 2.07. The number of aldehydes is 1. The SMILES string of the molecule is O=Cc1cc(I)n(CC(F)(F)F)n1. The van der Waals surface area contributed by atoms with Gasteiger partial charge in [0.05, 0.1) is 0 Å². The Balaban J connectivity index is 2.89. The maximum atomic E-state index is 11.9. The molecule has 0 spiro atoms. The van der Waals surface area contributed by atoms with E-state index in [2.05, 4.69) is 5.10 Å². The first-order valence-electron chi connectivity index (χ1n) is 3.17. The molecule has 1 heterocycles. The Labute approximate surface area is 85.1 Å². The fraction of sp³-hybridized carbons (Fsp3) is 0.333. The topological polar surface area (TPSA) is 34.9 Å². The summed E-state index contributed by atoms with van der Waals surface area (Å²) in [6.45, 7) is -1.17. The van der Waals surface area contributed by atoms with Crippen LogP contribution in [-0.4, -0.2) is 22.2 Å². The lowest BCUT2D eigenvalue weighted by atomic mass is 10.5. The monoisotopic (exact) mass is 304 g/mol. The van der Waals surface area contributed by atoms with Crippen LogP contribution in [0.15, 0.2) is 6.07 Å². The number of alkyl halides is 3. The Kier molecular flexibility index (Phi) is 2.94. The molecule has 0 fully saturated rings. The Morgan fingerprint density at radius 3 is 2.62 bits per heavy atom. The zero-order valence-corrected chi connectivity index (χ0v) is 8.33. The number of rotatable bonds is 2. The summed E-state index contributed by atoms with van der Waals surface area (Å²) in [4.78, 5) is 10.2. The summed E-state index contributed by atoms with van der Waals surface area (Å²) in [6, 6.07) is 1.29. The van der Waals surface area contributed by atoms with E-state index in [1.165, 1.54) is 6.07 Å². The molecule has 0 atom stereocenters. The molecule has 0 amide bonds. The van der Waals surface area contributed by atoms with Gasteiger partial charge in [-0.1, -0.05) is 0 Å². The fourth-order valence-electron chi connectivity index (χ4n) is 0.751. The number of carbonyl (C=O) groups is 1. The molecule has 0 saturated carbocycles. The van der Waals surface area contributed by atoms with Crippen LogP contribution in [0.5, 0.6) is 0 Å². The minimum absolute atomic E-state index is 0.00801. The van der Waals surface area contributed by atoms with Crippen LogP contribution in [-0.2, 0) is 6.54 Å². The van der Waals surface area contributed by atoms with E-state index in [0.29, 0.717) is 6.29 Å². The van der Waals surface area contributed by atoms with Gasteiger partial charge >= 0.3 is 6.18 Å². The highest BCUT2D eigenvalue weighted by molar-refractivity contribution is 14.1. The van der Waals surface area contributed by atoms with Crippen molar-refractivity contribution in [3.05, 3.63) is 15.5 Å². The molecule has 13 heavy (non-hydrogen) atoms. The maximum absolute atomic E-state index is 11.9. The Bertz CT molecular complexity index is 320. The Hall–Kier alpha value is -0.600. The predicted octanol–water partition coefficient (Wildman–Crippen LogP) is 1.86. The Morgan fingerprint density at radius 1 is 1.62 bits per heavy atom. The van der Waals surface area contributed by atoms with Crippen LogP contribution in [0.25, 0.3) is 0 Å². The number of hydrogen-bond acceptors (Lipinski definition) is 2. The van der Waals surface area contributed by atoms with Crippen LogP contribution < -0.4 is 0 Å². The van der Waals surface area contributed by atoms with Gasteiger partial charge in [-0.2, -0.15) is 18.3 Å². The van der Waals surface area contributed by atoms with E-state index in [1.807, 2.05) is 0 Å². The summed E-state index contributed by atoms with van der Waals surface area (Å²) >= 11 is 1.69. The third-order valence-electron chi connectivity index (χ3n) is 1.20. The molecule has 0 N–H and O–H groups in total. The van der Waals surface area contributed by atoms with Crippen molar-refractivity contribution in [3.8, 4) is 0 Å². The zero-order chi connectivity index (χ0) is 10.1. The molecule has 0 bridgehead atoms. The minimum atomic E-state index is -4.31. The fourth-order valence-corrected chi connectivity index (χ4v) is 1.35. The van der Waals surface area contributed by atoms with Crippen LogP contribution >= 0.6 is 22.6 Å². The summed E-state index contributed by atoms with van der Waals surface area (Å²) in [7, 11) is 0. The van der Waals surface area contributed by atoms with Crippen molar-refractivity contribution in [3.63, 3.8) is 0 Å². The molecule has 0 aliphatic rings. The van der Waals surface area contributed by atoms with Crippen molar-refractivity contribution < 1.29 is 18.0 Å². The molecular formula is C6H4F3IN2O. The van der Waals surface area contributed by atoms with Gasteiger partial charge in [0, 0.05) is 6.07 Å². The number of halogens is 4. The predicted molar refractivity (Wildman–Crippen MR) is 46.4 cm³/mol. The van der Waals surface area contributed by atoms with E-state index in [4.69, 9.17) is 0 Å². The van der Waals surface area contributed by atoms with Gasteiger partial charge in [0.25, 0.3) is 0 Å². The lowest BCUT2D eigenvalue weighted by molar-refractivity contribution is -0.143. The first kappa shape index (κ1) is 10.5. The van der Waals surface area contributed by atoms with Crippen LogP contribution in [0.2, 0.25) is 0 Å². The molecule has 0 saturated heterocycles. The van der Waals surface area contributed by atoms with Crippen molar-refractivity contribution in [2.75, 3.05) is 0 Å². The highest BCUT2D eigenvalue weighted by atomic mass is 127. The number of aromatic nitrogens is 2. The highest BCUT2D eigenvalue weighted by Crippen LogP contribution is 2.19. The van der Waals surface area contributed by atoms with Crippen molar-refractivity contribution >= 4 is 28.9 Å². The standard InChI is InChI=1S/C6H4F3IN2O/c7-6(8,9)3-12-5(10)1-4(2-13)11-12/h1-2H,3H2. The van der Waals surface area contributed by atoms with Gasteiger partial charge in [0.1, 0.15) is 15.9 Å². The summed E-state index contributed by atoms with van der Waals surface area (Å²) in [5, 5.41) is 3.43. The molecule has 7 heteroatoms. The normalized spacial score (nSPS) is 11.7. The highest BCUT2D eigenvalue weighted by Gasteiger charge is 2.29. The molecule has 0 aliphatic heterocycles. The molecule has 1 aromatic rings. The molecule has 3 nitrogen and oxygen atoms in total. The minimum Gasteiger partial charge on any atom is -0.296 e. The van der Waals surface area contributed by atoms with E-state index in [-0.39, 0.29) is 9.39 Å². The second kappa shape index (κ2) is 3.64. The molecule has 0 aromatic carbocycles. The van der Waals surface area contributed by atoms with Gasteiger partial charge in [0.2, 0.25) is 0 Å². The second-order valence-electron chi connectivity index (χ2n) is 2.28. The van der Waals surface area contributed by atoms with E-state index in [9.17, 15) is 18.0 Å². The molecule has 1 rings (SSSR count). The van der Waals surface area contributed by atoms with Crippen LogP contribution in [0.4, 0.5) is 13.2 Å². The zero-order valence-electron chi connectivity index (χ0n) is 6.18. The molecular weight excluding hydrogens is 300 g/mol. The van der Waals surface area contributed by atoms with Crippen molar-refractivity contribution in [2.24, 2.45) is 0 Å². The maximum Gasteiger partial charge on any atom is 0.408 e. The first-order chi connectivity index (χ1) is 5.92. The lowest BCUT2D eigenvalue weighted by Gasteiger charge is -2.06. The summed E-state index contributed by atoms with van der Waals surface area (Å²) in [6.07, 6.45) is -3.90. The van der Waals surface area contributed by atoms with Gasteiger partial charge in [-0.3, -0.25) is 4.79 Å². The molecule has 0 unspecified atom stereocenters. The van der Waals surface area contributed by atoms with E-state index >= 15 is 0 Å². The Morgan fingerprint density at radius 2 is 2.23 bits per heavy atom. The largest absolute Gasteiger partial charge is 0.408 e. The smallest absolute Gasteiger partial charge is 0.296 e. The average molecular weight is 304 g/mol. The van der Waals surface area contributed by atoms with Crippen LogP contribution in [0.3, 0.4) is 0 Å². The summed E-state index contributed by atoms with van der Waals surface area (Å²) in [5.41, 5.74) is 0.00801. The molecule has 0 radical (unpaired) electrons. The van der Waals surface area contributed by atoms with E-state index in [0.717, 1.165) is 4.68 Å². The van der Waals surface area contributed by atoms with Gasteiger partial charge in [-0.15, -0.1) is 0 Å². The quantitative estimate of drug-likeness (QED) is 0.617. The van der Waals surface area contributed by atoms with Gasteiger partial charge in [0.15, 0.2) is 6.29 Å². The number of carbonyl (C=O) groups excluding carboxylic acids is 1. The molecule has 0 aliphatic carbocycles. The molecule has 1 aromatic heterocycles. The lowest BCUT2D eigenvalue weighted by Crippen LogP contribution is -2.19. The number of nitrogens with zero attached hydrogens (tertiary/aromatic N) is 2. The third kappa shape index (κ3) is 2.98. The van der Waals surface area contributed by atoms with Crippen molar-refractivity contribution in [1.82, 2.24) is 9.78 Å². The molecule has 72 valence electrons. The summed E-state index contributed by atoms with van der Waals surface area (Å²) < 4.78 is 36.7. The number of hydrogen-bond donors (Lipinski definition) is 0. The van der Waals surface area contributed by atoms with E-state index < -0.39 is 12.7 Å². The van der Waals surface area contributed by atoms with Crippen molar-refractivity contribution in [2.45, 2.75) is 12.7 Å². The van der Waals surface area contributed by atoms with Gasteiger partial charge in [-0.05, 0) is 22.6 Å². The van der Waals surface area contributed by atoms with Gasteiger partial charge < -0.3 is 0 Å². The van der Waals surface area contributed by atoms with E-state index in [1.54, 1.807) is 22.6 Å². The average Bonchev–Trinajstić information content (AvgIpc) is 2.29. The second-order valence-corrected chi connectivity index (χ2v) is 3.39. The summed E-state index contributed by atoms with van der Waals surface area (Å²) in [5.74, 6) is 0. The van der Waals surface area contributed by atoms with Crippen molar-refractivity contribution in [1.29, 1.82) is 0 Å². The van der Waals surface area contributed by atoms with Crippen LogP contribution in [0.1, 0.15) is 10.5 Å². The van der Waals surface area contributed by atoms with Gasteiger partial charge in [-0.25, -0.2) is 4.68 Å². The first-order valence-corrected chi connectivity index (χ1v) is 4.25.